The summed E-state index contributed by atoms with van der Waals surface area (Å²) in [7, 11) is 0. The van der Waals surface area contributed by atoms with Crippen molar-refractivity contribution < 1.29 is 0 Å². The van der Waals surface area contributed by atoms with Gasteiger partial charge in [0.05, 0.1) is 0 Å². The number of hydrogen-bond acceptors (Lipinski definition) is 2. The molecule has 0 aromatic carbocycles. The Balaban J connectivity index is 2.02. The van der Waals surface area contributed by atoms with E-state index >= 15 is 0 Å². The third kappa shape index (κ3) is 2.01. The van der Waals surface area contributed by atoms with Crippen molar-refractivity contribution in [2.45, 2.75) is 45.6 Å². The Morgan fingerprint density at radius 1 is 1.50 bits per heavy atom. The Kier molecular flexibility index (Phi) is 3.24. The van der Waals surface area contributed by atoms with Crippen molar-refractivity contribution in [3.8, 4) is 0 Å². The van der Waals surface area contributed by atoms with Crippen molar-refractivity contribution in [1.82, 2.24) is 5.32 Å². The molecule has 78 valence electrons. The first-order chi connectivity index (χ1) is 6.81. The van der Waals surface area contributed by atoms with Crippen LogP contribution in [-0.2, 0) is 12.8 Å². The Hall–Kier alpha value is -0.340. The first-order valence-corrected chi connectivity index (χ1v) is 6.47. The van der Waals surface area contributed by atoms with E-state index in [0.717, 1.165) is 6.54 Å². The van der Waals surface area contributed by atoms with E-state index in [1.54, 1.807) is 10.4 Å². The lowest BCUT2D eigenvalue weighted by Gasteiger charge is -2.10. The molecule has 1 aromatic heterocycles. The average Bonchev–Trinajstić information content (AvgIpc) is 2.72. The quantitative estimate of drug-likeness (QED) is 0.802. The molecule has 1 nitrogen and oxygen atoms in total. The second-order valence-electron chi connectivity index (χ2n) is 4.13. The van der Waals surface area contributed by atoms with E-state index in [9.17, 15) is 0 Å². The fourth-order valence-electron chi connectivity index (χ4n) is 2.03. The zero-order valence-corrected chi connectivity index (χ0v) is 9.91. The number of hydrogen-bond donors (Lipinski definition) is 1. The van der Waals surface area contributed by atoms with Crippen molar-refractivity contribution in [3.05, 3.63) is 21.4 Å². The second-order valence-corrected chi connectivity index (χ2v) is 5.29. The standard InChI is InChI=1S/C12H19NS/c1-3-7-13-9(2)12-8-10-5-4-6-11(10)14-12/h8-9,13H,3-7H2,1-2H3. The maximum absolute atomic E-state index is 3.55. The zero-order chi connectivity index (χ0) is 9.97. The van der Waals surface area contributed by atoms with Crippen molar-refractivity contribution in [3.63, 3.8) is 0 Å². The topological polar surface area (TPSA) is 12.0 Å². The molecule has 0 fully saturated rings. The molecule has 1 aliphatic rings. The molecule has 1 N–H and O–H groups in total. The molecular formula is C12H19NS. The summed E-state index contributed by atoms with van der Waals surface area (Å²) >= 11 is 2.02. The Labute approximate surface area is 90.5 Å². The first-order valence-electron chi connectivity index (χ1n) is 5.66. The van der Waals surface area contributed by atoms with Crippen LogP contribution < -0.4 is 5.32 Å². The normalized spacial score (nSPS) is 17.0. The highest BCUT2D eigenvalue weighted by atomic mass is 32.1. The van der Waals surface area contributed by atoms with Crippen LogP contribution in [-0.4, -0.2) is 6.54 Å². The minimum absolute atomic E-state index is 0.547. The number of fused-ring (bicyclic) bond motifs is 1. The van der Waals surface area contributed by atoms with Crippen LogP contribution in [0.4, 0.5) is 0 Å². The van der Waals surface area contributed by atoms with Gasteiger partial charge in [-0.1, -0.05) is 6.92 Å². The number of thiophene rings is 1. The minimum Gasteiger partial charge on any atom is -0.309 e. The second kappa shape index (κ2) is 4.45. The van der Waals surface area contributed by atoms with Crippen LogP contribution in [0.1, 0.15) is 48.0 Å². The fourth-order valence-corrected chi connectivity index (χ4v) is 3.31. The maximum Gasteiger partial charge on any atom is 0.0386 e. The van der Waals surface area contributed by atoms with Crippen LogP contribution >= 0.6 is 11.3 Å². The molecule has 0 aliphatic heterocycles. The summed E-state index contributed by atoms with van der Waals surface area (Å²) in [6.07, 6.45) is 5.22. The number of aryl methyl sites for hydroxylation is 2. The van der Waals surface area contributed by atoms with Crippen LogP contribution in [0, 0.1) is 0 Å². The molecule has 0 saturated carbocycles. The summed E-state index contributed by atoms with van der Waals surface area (Å²) in [4.78, 5) is 3.17. The highest BCUT2D eigenvalue weighted by Crippen LogP contribution is 2.33. The lowest BCUT2D eigenvalue weighted by molar-refractivity contribution is 0.578. The van der Waals surface area contributed by atoms with Crippen molar-refractivity contribution in [1.29, 1.82) is 0 Å². The third-order valence-electron chi connectivity index (χ3n) is 2.89. The molecule has 0 radical (unpaired) electrons. The molecule has 1 heterocycles. The third-order valence-corrected chi connectivity index (χ3v) is 4.31. The lowest BCUT2D eigenvalue weighted by atomic mass is 10.2. The fraction of sp³-hybridized carbons (Fsp3) is 0.667. The molecule has 1 atom stereocenters. The monoisotopic (exact) mass is 209 g/mol. The molecule has 0 bridgehead atoms. The van der Waals surface area contributed by atoms with Crippen LogP contribution in [0.25, 0.3) is 0 Å². The summed E-state index contributed by atoms with van der Waals surface area (Å²) in [6, 6.07) is 2.96. The Morgan fingerprint density at radius 3 is 3.07 bits per heavy atom. The maximum atomic E-state index is 3.55. The molecule has 1 aliphatic carbocycles. The van der Waals surface area contributed by atoms with E-state index < -0.39 is 0 Å². The molecule has 1 unspecified atom stereocenters. The molecule has 1 aromatic rings. The van der Waals surface area contributed by atoms with Gasteiger partial charge in [0.2, 0.25) is 0 Å². The molecule has 0 spiro atoms. The molecule has 2 heteroatoms. The van der Waals surface area contributed by atoms with Gasteiger partial charge >= 0.3 is 0 Å². The van der Waals surface area contributed by atoms with Gasteiger partial charge in [0.15, 0.2) is 0 Å². The predicted octanol–water partition coefficient (Wildman–Crippen LogP) is 3.30. The first kappa shape index (κ1) is 10.2. The molecule has 0 saturated heterocycles. The van der Waals surface area contributed by atoms with Gasteiger partial charge < -0.3 is 5.32 Å². The van der Waals surface area contributed by atoms with Crippen LogP contribution in [0.15, 0.2) is 6.07 Å². The van der Waals surface area contributed by atoms with Gasteiger partial charge in [0, 0.05) is 15.8 Å². The summed E-state index contributed by atoms with van der Waals surface area (Å²) < 4.78 is 0. The molecule has 14 heavy (non-hydrogen) atoms. The smallest absolute Gasteiger partial charge is 0.0386 e. The van der Waals surface area contributed by atoms with E-state index in [4.69, 9.17) is 0 Å². The summed E-state index contributed by atoms with van der Waals surface area (Å²) in [5, 5.41) is 3.55. The SMILES string of the molecule is CCCNC(C)c1cc2c(s1)CCC2. The zero-order valence-electron chi connectivity index (χ0n) is 9.10. The highest BCUT2D eigenvalue weighted by molar-refractivity contribution is 7.12. The summed E-state index contributed by atoms with van der Waals surface area (Å²) in [5.41, 5.74) is 1.62. The van der Waals surface area contributed by atoms with Gasteiger partial charge in [-0.15, -0.1) is 11.3 Å². The van der Waals surface area contributed by atoms with Crippen LogP contribution in [0.2, 0.25) is 0 Å². The predicted molar refractivity (Wildman–Crippen MR) is 63.1 cm³/mol. The Morgan fingerprint density at radius 2 is 2.36 bits per heavy atom. The summed E-state index contributed by atoms with van der Waals surface area (Å²) in [6.45, 7) is 5.62. The molecule has 2 rings (SSSR count). The number of rotatable bonds is 4. The van der Waals surface area contributed by atoms with Crippen LogP contribution in [0.5, 0.6) is 0 Å². The van der Waals surface area contributed by atoms with Gasteiger partial charge in [-0.05, 0) is 50.8 Å². The van der Waals surface area contributed by atoms with E-state index in [1.165, 1.54) is 30.6 Å². The van der Waals surface area contributed by atoms with Gasteiger partial charge in [-0.2, -0.15) is 0 Å². The largest absolute Gasteiger partial charge is 0.309 e. The van der Waals surface area contributed by atoms with E-state index in [0.29, 0.717) is 6.04 Å². The van der Waals surface area contributed by atoms with Crippen LogP contribution in [0.3, 0.4) is 0 Å². The van der Waals surface area contributed by atoms with Gasteiger partial charge in [-0.25, -0.2) is 0 Å². The number of nitrogens with one attached hydrogen (secondary N) is 1. The molecular weight excluding hydrogens is 190 g/mol. The van der Waals surface area contributed by atoms with Crippen molar-refractivity contribution in [2.75, 3.05) is 6.54 Å². The minimum atomic E-state index is 0.547. The summed E-state index contributed by atoms with van der Waals surface area (Å²) in [5.74, 6) is 0. The van der Waals surface area contributed by atoms with Crippen molar-refractivity contribution >= 4 is 11.3 Å². The highest BCUT2D eigenvalue weighted by Gasteiger charge is 2.17. The lowest BCUT2D eigenvalue weighted by Crippen LogP contribution is -2.18. The van der Waals surface area contributed by atoms with Gasteiger partial charge in [-0.3, -0.25) is 0 Å². The molecule has 0 amide bonds. The average molecular weight is 209 g/mol. The van der Waals surface area contributed by atoms with Gasteiger partial charge in [0.1, 0.15) is 0 Å². The van der Waals surface area contributed by atoms with E-state index in [2.05, 4.69) is 25.2 Å². The Bertz CT molecular complexity index is 282. The van der Waals surface area contributed by atoms with Gasteiger partial charge in [0.25, 0.3) is 0 Å². The van der Waals surface area contributed by atoms with E-state index in [-0.39, 0.29) is 0 Å². The van der Waals surface area contributed by atoms with Crippen molar-refractivity contribution in [2.24, 2.45) is 0 Å². The van der Waals surface area contributed by atoms with E-state index in [1.807, 2.05) is 11.3 Å².